The Labute approximate surface area is 111 Å². The minimum absolute atomic E-state index is 0.146. The quantitative estimate of drug-likeness (QED) is 0.554. The van der Waals surface area contributed by atoms with Gasteiger partial charge < -0.3 is 10.7 Å². The van der Waals surface area contributed by atoms with Crippen molar-refractivity contribution < 1.29 is 4.79 Å². The predicted molar refractivity (Wildman–Crippen MR) is 74.5 cm³/mol. The summed E-state index contributed by atoms with van der Waals surface area (Å²) in [5.74, 6) is 5.61. The summed E-state index contributed by atoms with van der Waals surface area (Å²) >= 11 is 1.84. The standard InChI is InChI=1S/C12H18N4OS/c1-18-12(6-3-7-12)8-14-11(17)9-4-2-5-10(15-9)16-13/h2,4-5H,3,6-8,13H2,1H3,(H,14,17)(H,15,16). The number of nitrogens with zero attached hydrogens (tertiary/aromatic N) is 1. The van der Waals surface area contributed by atoms with E-state index >= 15 is 0 Å². The molecule has 0 bridgehead atoms. The Balaban J connectivity index is 1.95. The lowest BCUT2D eigenvalue weighted by Crippen LogP contribution is -2.45. The van der Waals surface area contributed by atoms with E-state index in [0.29, 0.717) is 18.1 Å². The Kier molecular flexibility index (Phi) is 4.08. The molecule has 1 amide bonds. The third-order valence-corrected chi connectivity index (χ3v) is 4.82. The van der Waals surface area contributed by atoms with E-state index in [0.717, 1.165) is 0 Å². The maximum absolute atomic E-state index is 12.0. The highest BCUT2D eigenvalue weighted by Crippen LogP contribution is 2.42. The van der Waals surface area contributed by atoms with Crippen LogP contribution >= 0.6 is 11.8 Å². The smallest absolute Gasteiger partial charge is 0.270 e. The fraction of sp³-hybridized carbons (Fsp3) is 0.500. The van der Waals surface area contributed by atoms with E-state index in [1.807, 2.05) is 11.8 Å². The van der Waals surface area contributed by atoms with Gasteiger partial charge in [0.15, 0.2) is 0 Å². The number of hydrazine groups is 1. The number of nitrogens with one attached hydrogen (secondary N) is 2. The number of anilines is 1. The molecule has 1 aromatic heterocycles. The Morgan fingerprint density at radius 3 is 2.89 bits per heavy atom. The van der Waals surface area contributed by atoms with Crippen LogP contribution in [0.3, 0.4) is 0 Å². The Hall–Kier alpha value is -1.27. The van der Waals surface area contributed by atoms with Gasteiger partial charge in [-0.2, -0.15) is 11.8 Å². The number of aromatic nitrogens is 1. The number of pyridine rings is 1. The summed E-state index contributed by atoms with van der Waals surface area (Å²) in [7, 11) is 0. The topological polar surface area (TPSA) is 80.0 Å². The predicted octanol–water partition coefficient (Wildman–Crippen LogP) is 1.38. The van der Waals surface area contributed by atoms with E-state index in [1.165, 1.54) is 19.3 Å². The fourth-order valence-corrected chi connectivity index (χ4v) is 2.91. The van der Waals surface area contributed by atoms with Crippen molar-refractivity contribution in [3.05, 3.63) is 23.9 Å². The number of rotatable bonds is 5. The minimum atomic E-state index is -0.146. The van der Waals surface area contributed by atoms with Crippen LogP contribution in [0.4, 0.5) is 5.82 Å². The van der Waals surface area contributed by atoms with E-state index in [1.54, 1.807) is 18.2 Å². The number of carbonyl (C=O) groups excluding carboxylic acids is 1. The van der Waals surface area contributed by atoms with Crippen molar-refractivity contribution in [2.24, 2.45) is 5.84 Å². The molecule has 0 aliphatic heterocycles. The number of nitrogen functional groups attached to an aromatic ring is 1. The van der Waals surface area contributed by atoms with E-state index in [4.69, 9.17) is 5.84 Å². The van der Waals surface area contributed by atoms with Crippen LogP contribution in [0, 0.1) is 0 Å². The van der Waals surface area contributed by atoms with Gasteiger partial charge >= 0.3 is 0 Å². The molecule has 5 nitrogen and oxygen atoms in total. The summed E-state index contributed by atoms with van der Waals surface area (Å²) in [5, 5.41) is 2.95. The molecule has 1 heterocycles. The van der Waals surface area contributed by atoms with Crippen molar-refractivity contribution >= 4 is 23.5 Å². The second kappa shape index (κ2) is 5.58. The van der Waals surface area contributed by atoms with Crippen molar-refractivity contribution in [3.63, 3.8) is 0 Å². The summed E-state index contributed by atoms with van der Waals surface area (Å²) in [4.78, 5) is 16.1. The van der Waals surface area contributed by atoms with Gasteiger partial charge in [0.2, 0.25) is 0 Å². The van der Waals surface area contributed by atoms with E-state index < -0.39 is 0 Å². The van der Waals surface area contributed by atoms with Crippen molar-refractivity contribution in [2.75, 3.05) is 18.2 Å². The number of hydrogen-bond donors (Lipinski definition) is 3. The second-order valence-electron chi connectivity index (χ2n) is 4.48. The summed E-state index contributed by atoms with van der Waals surface area (Å²) in [6.45, 7) is 0.703. The zero-order valence-electron chi connectivity index (χ0n) is 10.4. The Bertz CT molecular complexity index is 428. The first-order valence-electron chi connectivity index (χ1n) is 5.96. The first-order valence-corrected chi connectivity index (χ1v) is 7.19. The molecule has 1 aliphatic carbocycles. The minimum Gasteiger partial charge on any atom is -0.349 e. The van der Waals surface area contributed by atoms with Crippen LogP contribution in [0.1, 0.15) is 29.8 Å². The van der Waals surface area contributed by atoms with Gasteiger partial charge in [-0.1, -0.05) is 12.5 Å². The molecule has 6 heteroatoms. The number of thioether (sulfide) groups is 1. The molecule has 1 aliphatic rings. The molecule has 98 valence electrons. The molecule has 1 fully saturated rings. The highest BCUT2D eigenvalue weighted by molar-refractivity contribution is 8.00. The van der Waals surface area contributed by atoms with Crippen molar-refractivity contribution in [2.45, 2.75) is 24.0 Å². The SMILES string of the molecule is CSC1(CNC(=O)c2cccc(NN)n2)CCC1. The van der Waals surface area contributed by atoms with Gasteiger partial charge in [-0.05, 0) is 31.2 Å². The lowest BCUT2D eigenvalue weighted by molar-refractivity contribution is 0.0939. The normalized spacial score (nSPS) is 16.8. The third kappa shape index (κ3) is 2.76. The average molecular weight is 266 g/mol. The van der Waals surface area contributed by atoms with E-state index in [-0.39, 0.29) is 10.7 Å². The van der Waals surface area contributed by atoms with Gasteiger partial charge in [0.25, 0.3) is 5.91 Å². The van der Waals surface area contributed by atoms with Gasteiger partial charge in [-0.25, -0.2) is 10.8 Å². The van der Waals surface area contributed by atoms with Crippen molar-refractivity contribution in [1.29, 1.82) is 0 Å². The van der Waals surface area contributed by atoms with E-state index in [9.17, 15) is 4.79 Å². The maximum atomic E-state index is 12.0. The van der Waals surface area contributed by atoms with Gasteiger partial charge in [0.1, 0.15) is 11.5 Å². The number of nitrogens with two attached hydrogens (primary N) is 1. The van der Waals surface area contributed by atoms with Crippen LogP contribution in [0.15, 0.2) is 18.2 Å². The zero-order chi connectivity index (χ0) is 13.0. The van der Waals surface area contributed by atoms with Crippen molar-refractivity contribution in [3.8, 4) is 0 Å². The molecule has 0 unspecified atom stereocenters. The summed E-state index contributed by atoms with van der Waals surface area (Å²) in [6, 6.07) is 5.15. The number of hydrogen-bond acceptors (Lipinski definition) is 5. The van der Waals surface area contributed by atoms with Gasteiger partial charge in [-0.3, -0.25) is 4.79 Å². The molecule has 18 heavy (non-hydrogen) atoms. The van der Waals surface area contributed by atoms with Crippen LogP contribution in [0.5, 0.6) is 0 Å². The molecule has 4 N–H and O–H groups in total. The van der Waals surface area contributed by atoms with Crippen LogP contribution in [0.2, 0.25) is 0 Å². The average Bonchev–Trinajstić information content (AvgIpc) is 2.38. The Morgan fingerprint density at radius 2 is 2.33 bits per heavy atom. The largest absolute Gasteiger partial charge is 0.349 e. The zero-order valence-corrected chi connectivity index (χ0v) is 11.2. The van der Waals surface area contributed by atoms with Crippen LogP contribution in [0.25, 0.3) is 0 Å². The third-order valence-electron chi connectivity index (χ3n) is 3.40. The highest BCUT2D eigenvalue weighted by atomic mass is 32.2. The maximum Gasteiger partial charge on any atom is 0.270 e. The molecular weight excluding hydrogens is 248 g/mol. The lowest BCUT2D eigenvalue weighted by atomic mass is 9.84. The van der Waals surface area contributed by atoms with Crippen LogP contribution < -0.4 is 16.6 Å². The summed E-state index contributed by atoms with van der Waals surface area (Å²) in [6.07, 6.45) is 5.70. The first-order chi connectivity index (χ1) is 8.69. The summed E-state index contributed by atoms with van der Waals surface area (Å²) < 4.78 is 0.236. The molecule has 0 atom stereocenters. The van der Waals surface area contributed by atoms with Crippen LogP contribution in [-0.4, -0.2) is 28.4 Å². The molecule has 1 saturated carbocycles. The lowest BCUT2D eigenvalue weighted by Gasteiger charge is -2.40. The van der Waals surface area contributed by atoms with Gasteiger partial charge in [0, 0.05) is 11.3 Å². The summed E-state index contributed by atoms with van der Waals surface area (Å²) in [5.41, 5.74) is 2.82. The number of carbonyl (C=O) groups is 1. The molecule has 1 aromatic rings. The molecule has 2 rings (SSSR count). The van der Waals surface area contributed by atoms with Gasteiger partial charge in [-0.15, -0.1) is 0 Å². The van der Waals surface area contributed by atoms with Crippen LogP contribution in [-0.2, 0) is 0 Å². The Morgan fingerprint density at radius 1 is 1.56 bits per heavy atom. The fourth-order valence-electron chi connectivity index (χ4n) is 2.00. The monoisotopic (exact) mass is 266 g/mol. The molecule has 0 aromatic carbocycles. The number of amides is 1. The highest BCUT2D eigenvalue weighted by Gasteiger charge is 2.36. The van der Waals surface area contributed by atoms with Crippen molar-refractivity contribution in [1.82, 2.24) is 10.3 Å². The molecule has 0 saturated heterocycles. The molecule has 0 radical (unpaired) electrons. The van der Waals surface area contributed by atoms with Gasteiger partial charge in [0.05, 0.1) is 0 Å². The molecular formula is C12H18N4OS. The second-order valence-corrected chi connectivity index (χ2v) is 5.75. The van der Waals surface area contributed by atoms with E-state index in [2.05, 4.69) is 22.0 Å². The molecule has 0 spiro atoms. The first kappa shape index (κ1) is 13.2.